The zero-order chi connectivity index (χ0) is 14.1. The fraction of sp³-hybridized carbons (Fsp3) is 0.0588. The summed E-state index contributed by atoms with van der Waals surface area (Å²) in [5.74, 6) is -0.286. The fourth-order valence-electron chi connectivity index (χ4n) is 2.28. The highest BCUT2D eigenvalue weighted by molar-refractivity contribution is 5.96. The molecule has 0 heterocycles. The first kappa shape index (κ1) is 12.5. The Hall–Kier alpha value is -2.55. The van der Waals surface area contributed by atoms with E-state index in [9.17, 15) is 4.39 Å². The van der Waals surface area contributed by atoms with Crippen molar-refractivity contribution in [2.75, 3.05) is 11.1 Å². The molecule has 3 N–H and O–H groups in total. The molecule has 100 valence electrons. The maximum absolute atomic E-state index is 13.4. The van der Waals surface area contributed by atoms with Gasteiger partial charge in [-0.2, -0.15) is 0 Å². The molecule has 0 saturated carbocycles. The van der Waals surface area contributed by atoms with Gasteiger partial charge in [0, 0.05) is 11.1 Å². The minimum Gasteiger partial charge on any atom is -0.397 e. The van der Waals surface area contributed by atoms with Gasteiger partial charge in [-0.3, -0.25) is 0 Å². The van der Waals surface area contributed by atoms with Gasteiger partial charge in [-0.15, -0.1) is 0 Å². The Balaban J connectivity index is 2.08. The molecule has 0 aromatic heterocycles. The lowest BCUT2D eigenvalue weighted by atomic mass is 10.1. The second kappa shape index (κ2) is 4.85. The van der Waals surface area contributed by atoms with Crippen LogP contribution >= 0.6 is 0 Å². The SMILES string of the molecule is Cc1cc(Nc2cccc3ccccc23)c(N)cc1F. The summed E-state index contributed by atoms with van der Waals surface area (Å²) in [6.45, 7) is 1.73. The Kier molecular flexibility index (Phi) is 3.03. The van der Waals surface area contributed by atoms with Crippen LogP contribution in [0.25, 0.3) is 10.8 Å². The van der Waals surface area contributed by atoms with Crippen molar-refractivity contribution in [3.05, 3.63) is 66.0 Å². The van der Waals surface area contributed by atoms with Crippen LogP contribution in [0.3, 0.4) is 0 Å². The van der Waals surface area contributed by atoms with Crippen molar-refractivity contribution in [2.24, 2.45) is 0 Å². The lowest BCUT2D eigenvalue weighted by Crippen LogP contribution is -1.99. The molecule has 0 aliphatic heterocycles. The second-order valence-corrected chi connectivity index (χ2v) is 4.84. The Morgan fingerprint density at radius 3 is 2.55 bits per heavy atom. The van der Waals surface area contributed by atoms with E-state index in [1.807, 2.05) is 30.3 Å². The number of halogens is 1. The van der Waals surface area contributed by atoms with Crippen molar-refractivity contribution < 1.29 is 4.39 Å². The molecule has 3 aromatic rings. The van der Waals surface area contributed by atoms with Crippen molar-refractivity contribution in [1.29, 1.82) is 0 Å². The summed E-state index contributed by atoms with van der Waals surface area (Å²) in [5, 5.41) is 5.55. The molecule has 0 spiro atoms. The molecule has 0 unspecified atom stereocenters. The van der Waals surface area contributed by atoms with Crippen molar-refractivity contribution >= 4 is 27.8 Å². The van der Waals surface area contributed by atoms with Crippen molar-refractivity contribution in [3.8, 4) is 0 Å². The first-order valence-electron chi connectivity index (χ1n) is 6.45. The number of rotatable bonds is 2. The van der Waals surface area contributed by atoms with Crippen LogP contribution in [0, 0.1) is 12.7 Å². The third kappa shape index (κ3) is 2.18. The Labute approximate surface area is 117 Å². The van der Waals surface area contributed by atoms with Gasteiger partial charge in [0.1, 0.15) is 5.82 Å². The summed E-state index contributed by atoms with van der Waals surface area (Å²) in [7, 11) is 0. The van der Waals surface area contributed by atoms with E-state index in [4.69, 9.17) is 5.73 Å². The van der Waals surface area contributed by atoms with E-state index in [-0.39, 0.29) is 5.82 Å². The highest BCUT2D eigenvalue weighted by atomic mass is 19.1. The minimum atomic E-state index is -0.286. The number of nitrogens with two attached hydrogens (primary N) is 1. The second-order valence-electron chi connectivity index (χ2n) is 4.84. The standard InChI is InChI=1S/C17H15FN2/c1-11-9-17(15(19)10-14(11)18)20-16-8-4-6-12-5-2-3-7-13(12)16/h2-10,20H,19H2,1H3. The van der Waals surface area contributed by atoms with E-state index in [1.165, 1.54) is 6.07 Å². The number of anilines is 3. The fourth-order valence-corrected chi connectivity index (χ4v) is 2.28. The summed E-state index contributed by atoms with van der Waals surface area (Å²) >= 11 is 0. The van der Waals surface area contributed by atoms with E-state index >= 15 is 0 Å². The first-order valence-corrected chi connectivity index (χ1v) is 6.45. The van der Waals surface area contributed by atoms with Gasteiger partial charge in [-0.05, 0) is 36.1 Å². The molecule has 0 bridgehead atoms. The molecule has 3 aromatic carbocycles. The summed E-state index contributed by atoms with van der Waals surface area (Å²) in [4.78, 5) is 0. The lowest BCUT2D eigenvalue weighted by molar-refractivity contribution is 0.619. The van der Waals surface area contributed by atoms with Gasteiger partial charge < -0.3 is 11.1 Å². The molecule has 3 heteroatoms. The Morgan fingerprint density at radius 2 is 1.70 bits per heavy atom. The largest absolute Gasteiger partial charge is 0.397 e. The predicted octanol–water partition coefficient (Wildman–Crippen LogP) is 4.61. The highest BCUT2D eigenvalue weighted by Gasteiger charge is 2.07. The molecule has 0 aliphatic carbocycles. The quantitative estimate of drug-likeness (QED) is 0.664. The van der Waals surface area contributed by atoms with Crippen LogP contribution in [0.2, 0.25) is 0 Å². The summed E-state index contributed by atoms with van der Waals surface area (Å²) in [5.41, 5.74) is 8.54. The smallest absolute Gasteiger partial charge is 0.128 e. The molecule has 0 aliphatic rings. The van der Waals surface area contributed by atoms with E-state index in [1.54, 1.807) is 13.0 Å². The molecule has 0 fully saturated rings. The average Bonchev–Trinajstić information content (AvgIpc) is 2.45. The van der Waals surface area contributed by atoms with Gasteiger partial charge in [-0.25, -0.2) is 4.39 Å². The number of hydrogen-bond donors (Lipinski definition) is 2. The average molecular weight is 266 g/mol. The molecule has 0 saturated heterocycles. The maximum atomic E-state index is 13.4. The van der Waals surface area contributed by atoms with Crippen LogP contribution in [0.15, 0.2) is 54.6 Å². The zero-order valence-electron chi connectivity index (χ0n) is 11.2. The predicted molar refractivity (Wildman–Crippen MR) is 82.8 cm³/mol. The first-order chi connectivity index (χ1) is 9.65. The van der Waals surface area contributed by atoms with E-state index in [0.29, 0.717) is 11.3 Å². The molecule has 0 atom stereocenters. The number of nitrogen functional groups attached to an aromatic ring is 1. The van der Waals surface area contributed by atoms with Crippen LogP contribution in [0.5, 0.6) is 0 Å². The zero-order valence-corrected chi connectivity index (χ0v) is 11.2. The van der Waals surface area contributed by atoms with Crippen LogP contribution < -0.4 is 11.1 Å². The van der Waals surface area contributed by atoms with Crippen LogP contribution in [-0.4, -0.2) is 0 Å². The van der Waals surface area contributed by atoms with Crippen molar-refractivity contribution in [3.63, 3.8) is 0 Å². The normalized spacial score (nSPS) is 10.7. The maximum Gasteiger partial charge on any atom is 0.128 e. The summed E-state index contributed by atoms with van der Waals surface area (Å²) < 4.78 is 13.4. The molecule has 20 heavy (non-hydrogen) atoms. The lowest BCUT2D eigenvalue weighted by Gasteiger charge is -2.13. The number of aryl methyl sites for hydroxylation is 1. The van der Waals surface area contributed by atoms with Crippen LogP contribution in [-0.2, 0) is 0 Å². The van der Waals surface area contributed by atoms with Gasteiger partial charge in [0.25, 0.3) is 0 Å². The molecule has 0 amide bonds. The third-order valence-corrected chi connectivity index (χ3v) is 3.39. The Bertz CT molecular complexity index is 776. The Morgan fingerprint density at radius 1 is 0.950 bits per heavy atom. The monoisotopic (exact) mass is 266 g/mol. The highest BCUT2D eigenvalue weighted by Crippen LogP contribution is 2.30. The van der Waals surface area contributed by atoms with E-state index in [0.717, 1.165) is 22.1 Å². The molecule has 3 rings (SSSR count). The minimum absolute atomic E-state index is 0.286. The van der Waals surface area contributed by atoms with Crippen molar-refractivity contribution in [1.82, 2.24) is 0 Å². The number of fused-ring (bicyclic) bond motifs is 1. The van der Waals surface area contributed by atoms with Gasteiger partial charge in [0.2, 0.25) is 0 Å². The van der Waals surface area contributed by atoms with E-state index in [2.05, 4.69) is 17.4 Å². The van der Waals surface area contributed by atoms with Crippen LogP contribution in [0.4, 0.5) is 21.5 Å². The summed E-state index contributed by atoms with van der Waals surface area (Å²) in [6.07, 6.45) is 0. The van der Waals surface area contributed by atoms with Gasteiger partial charge >= 0.3 is 0 Å². The number of benzene rings is 3. The molecule has 0 radical (unpaired) electrons. The van der Waals surface area contributed by atoms with Gasteiger partial charge in [-0.1, -0.05) is 36.4 Å². The van der Waals surface area contributed by atoms with Gasteiger partial charge in [0.15, 0.2) is 0 Å². The molecular formula is C17H15FN2. The van der Waals surface area contributed by atoms with Gasteiger partial charge in [0.05, 0.1) is 11.4 Å². The van der Waals surface area contributed by atoms with E-state index < -0.39 is 0 Å². The van der Waals surface area contributed by atoms with Crippen LogP contribution in [0.1, 0.15) is 5.56 Å². The molecule has 2 nitrogen and oxygen atoms in total. The third-order valence-electron chi connectivity index (χ3n) is 3.39. The molecular weight excluding hydrogens is 251 g/mol. The van der Waals surface area contributed by atoms with Crippen molar-refractivity contribution in [2.45, 2.75) is 6.92 Å². The topological polar surface area (TPSA) is 38.0 Å². The summed E-state index contributed by atoms with van der Waals surface area (Å²) in [6, 6.07) is 17.2. The number of hydrogen-bond acceptors (Lipinski definition) is 2. The number of nitrogens with one attached hydrogen (secondary N) is 1.